The van der Waals surface area contributed by atoms with Crippen molar-refractivity contribution in [3.63, 3.8) is 0 Å². The van der Waals surface area contributed by atoms with E-state index in [1.165, 1.54) is 23.3 Å². The van der Waals surface area contributed by atoms with Crippen LogP contribution in [0.1, 0.15) is 35.1 Å². The highest BCUT2D eigenvalue weighted by atomic mass is 79.9. The second-order valence-electron chi connectivity index (χ2n) is 11.8. The van der Waals surface area contributed by atoms with Crippen LogP contribution in [0.5, 0.6) is 11.5 Å². The number of carboxylic acid groups (broad SMARTS) is 2. The third kappa shape index (κ3) is 22.6. The number of ether oxygens (including phenoxy) is 2. The molecule has 22 heteroatoms. The minimum Gasteiger partial charge on any atom is -0.494 e. The van der Waals surface area contributed by atoms with E-state index >= 15 is 0 Å². The number of hydrogen-bond donors (Lipinski definition) is 6. The molecular formula is C38H40Br4F6N4O8. The van der Waals surface area contributed by atoms with E-state index in [1.807, 2.05) is 24.3 Å². The molecule has 0 aliphatic heterocycles. The lowest BCUT2D eigenvalue weighted by Crippen LogP contribution is -2.26. The van der Waals surface area contributed by atoms with Gasteiger partial charge in [-0.1, -0.05) is 24.3 Å². The number of hydrogen-bond acceptors (Lipinski definition) is 8. The molecule has 0 spiro atoms. The van der Waals surface area contributed by atoms with E-state index in [4.69, 9.17) is 29.3 Å². The Labute approximate surface area is 375 Å². The molecule has 2 amide bonds. The molecule has 3 aromatic rings. The van der Waals surface area contributed by atoms with Gasteiger partial charge in [0.15, 0.2) is 0 Å². The standard InChI is InChI=1S/C34H38Br4N4O4.2C2HF3O2/c1-45-33-27(35)17-23(18-28(33)36)8-10-31(43)41-14-4-12-39-21-25-6-3-7-26(16-25)22-40-13-5-15-42-32(44)11-9-24-19-29(37)34(46-2)30(38)20-24;2*3-2(4,5)1(6)7/h3,6-11,16-20,39-40H,4-5,12-15,21-22H2,1-2H3,(H,41,43)(H,42,44);2*(H,6,7)/b10-8+,11-9+;;. The smallest absolute Gasteiger partial charge is 0.490 e. The van der Waals surface area contributed by atoms with E-state index in [0.29, 0.717) is 24.6 Å². The summed E-state index contributed by atoms with van der Waals surface area (Å²) in [6, 6.07) is 16.0. The summed E-state index contributed by atoms with van der Waals surface area (Å²) >= 11 is 13.9. The molecule has 0 unspecified atom stereocenters. The van der Waals surface area contributed by atoms with Crippen molar-refractivity contribution in [3.8, 4) is 11.5 Å². The topological polar surface area (TPSA) is 175 Å². The molecule has 0 aliphatic rings. The molecule has 0 heterocycles. The molecule has 12 nitrogen and oxygen atoms in total. The molecule has 0 aromatic heterocycles. The number of benzene rings is 3. The Hall–Kier alpha value is -3.96. The van der Waals surface area contributed by atoms with E-state index in [0.717, 1.165) is 68.0 Å². The van der Waals surface area contributed by atoms with Gasteiger partial charge in [-0.25, -0.2) is 9.59 Å². The first-order chi connectivity index (χ1) is 28.1. The summed E-state index contributed by atoms with van der Waals surface area (Å²) in [5.41, 5.74) is 4.18. The number of carbonyl (C=O) groups excluding carboxylic acids is 2. The van der Waals surface area contributed by atoms with Gasteiger partial charge in [0.05, 0.1) is 32.1 Å². The molecule has 0 aliphatic carbocycles. The van der Waals surface area contributed by atoms with Crippen LogP contribution in [0.4, 0.5) is 26.3 Å². The van der Waals surface area contributed by atoms with Crippen LogP contribution in [0.2, 0.25) is 0 Å². The Kier molecular flexibility index (Phi) is 25.0. The van der Waals surface area contributed by atoms with Crippen LogP contribution < -0.4 is 30.7 Å². The number of aliphatic carboxylic acids is 2. The maximum Gasteiger partial charge on any atom is 0.490 e. The second-order valence-corrected chi connectivity index (χ2v) is 15.2. The Morgan fingerprint density at radius 1 is 0.600 bits per heavy atom. The lowest BCUT2D eigenvalue weighted by atomic mass is 10.1. The molecule has 330 valence electrons. The van der Waals surface area contributed by atoms with Crippen molar-refractivity contribution >= 4 is 99.6 Å². The number of halogens is 10. The molecule has 0 saturated heterocycles. The average Bonchev–Trinajstić information content (AvgIpc) is 3.15. The van der Waals surface area contributed by atoms with Crippen molar-refractivity contribution in [1.82, 2.24) is 21.3 Å². The minimum atomic E-state index is -5.08. The van der Waals surface area contributed by atoms with E-state index in [-0.39, 0.29) is 11.8 Å². The van der Waals surface area contributed by atoms with Gasteiger partial charge in [0, 0.05) is 38.3 Å². The van der Waals surface area contributed by atoms with E-state index in [9.17, 15) is 35.9 Å². The van der Waals surface area contributed by atoms with Crippen molar-refractivity contribution in [2.24, 2.45) is 0 Å². The molecule has 60 heavy (non-hydrogen) atoms. The van der Waals surface area contributed by atoms with Gasteiger partial charge in [-0.15, -0.1) is 0 Å². The van der Waals surface area contributed by atoms with Gasteiger partial charge >= 0.3 is 24.3 Å². The third-order valence-electron chi connectivity index (χ3n) is 7.10. The fraction of sp³-hybridized carbons (Fsp3) is 0.316. The van der Waals surface area contributed by atoms with Crippen molar-refractivity contribution < 1.29 is 65.2 Å². The van der Waals surface area contributed by atoms with Gasteiger partial charge < -0.3 is 41.0 Å². The first kappa shape index (κ1) is 54.1. The Balaban J connectivity index is 0.00000110. The number of carbonyl (C=O) groups is 4. The molecule has 6 N–H and O–H groups in total. The predicted octanol–water partition coefficient (Wildman–Crippen LogP) is 8.64. The maximum atomic E-state index is 12.2. The average molecular weight is 1110 g/mol. The molecular weight excluding hydrogens is 1070 g/mol. The maximum absolute atomic E-state index is 12.2. The summed E-state index contributed by atoms with van der Waals surface area (Å²) in [7, 11) is 3.22. The molecule has 0 saturated carbocycles. The summed E-state index contributed by atoms with van der Waals surface area (Å²) < 4.78 is 77.3. The largest absolute Gasteiger partial charge is 0.494 e. The van der Waals surface area contributed by atoms with Crippen LogP contribution in [-0.4, -0.2) is 86.7 Å². The van der Waals surface area contributed by atoms with Crippen molar-refractivity contribution in [2.45, 2.75) is 38.3 Å². The molecule has 0 bridgehead atoms. The molecule has 3 rings (SSSR count). The Morgan fingerprint density at radius 3 is 1.20 bits per heavy atom. The van der Waals surface area contributed by atoms with Crippen LogP contribution in [0, 0.1) is 0 Å². The fourth-order valence-electron chi connectivity index (χ4n) is 4.37. The highest BCUT2D eigenvalue weighted by molar-refractivity contribution is 9.11. The van der Waals surface area contributed by atoms with Gasteiger partial charge in [-0.3, -0.25) is 9.59 Å². The summed E-state index contributed by atoms with van der Waals surface area (Å²) in [4.78, 5) is 42.2. The predicted molar refractivity (Wildman–Crippen MR) is 227 cm³/mol. The number of alkyl halides is 6. The normalized spacial score (nSPS) is 11.3. The van der Waals surface area contributed by atoms with Gasteiger partial charge in [0.25, 0.3) is 0 Å². The van der Waals surface area contributed by atoms with Gasteiger partial charge in [-0.2, -0.15) is 26.3 Å². The van der Waals surface area contributed by atoms with Crippen molar-refractivity contribution in [1.29, 1.82) is 0 Å². The first-order valence-electron chi connectivity index (χ1n) is 17.2. The van der Waals surface area contributed by atoms with Gasteiger partial charge in [0.2, 0.25) is 11.8 Å². The number of nitrogens with one attached hydrogen (secondary N) is 4. The molecule has 0 atom stereocenters. The lowest BCUT2D eigenvalue weighted by molar-refractivity contribution is -0.193. The van der Waals surface area contributed by atoms with Crippen molar-refractivity contribution in [3.05, 3.63) is 101 Å². The van der Waals surface area contributed by atoms with E-state index < -0.39 is 24.3 Å². The highest BCUT2D eigenvalue weighted by Gasteiger charge is 2.38. The molecule has 3 aromatic carbocycles. The molecule has 0 fully saturated rings. The molecule has 0 radical (unpaired) electrons. The zero-order valence-electron chi connectivity index (χ0n) is 31.7. The van der Waals surface area contributed by atoms with Crippen LogP contribution in [0.3, 0.4) is 0 Å². The van der Waals surface area contributed by atoms with Gasteiger partial charge in [-0.05, 0) is 148 Å². The van der Waals surface area contributed by atoms with E-state index in [2.05, 4.69) is 109 Å². The zero-order chi connectivity index (χ0) is 45.5. The highest BCUT2D eigenvalue weighted by Crippen LogP contribution is 2.35. The Bertz CT molecular complexity index is 1770. The second kappa shape index (κ2) is 27.8. The third-order valence-corrected chi connectivity index (χ3v) is 9.45. The van der Waals surface area contributed by atoms with Crippen LogP contribution in [0.15, 0.2) is 78.6 Å². The summed E-state index contributed by atoms with van der Waals surface area (Å²) in [5, 5.41) is 27.0. The van der Waals surface area contributed by atoms with Crippen molar-refractivity contribution in [2.75, 3.05) is 40.4 Å². The van der Waals surface area contributed by atoms with E-state index in [1.54, 1.807) is 26.4 Å². The number of carboxylic acids is 2. The summed E-state index contributed by atoms with van der Waals surface area (Å²) in [6.45, 7) is 4.28. The Morgan fingerprint density at radius 2 is 0.917 bits per heavy atom. The zero-order valence-corrected chi connectivity index (χ0v) is 38.1. The van der Waals surface area contributed by atoms with Gasteiger partial charge in [0.1, 0.15) is 11.5 Å². The number of amides is 2. The number of rotatable bonds is 18. The van der Waals surface area contributed by atoms with Crippen LogP contribution in [-0.2, 0) is 32.3 Å². The lowest BCUT2D eigenvalue weighted by Gasteiger charge is -2.09. The van der Waals surface area contributed by atoms with Crippen LogP contribution >= 0.6 is 63.7 Å². The minimum absolute atomic E-state index is 0.130. The summed E-state index contributed by atoms with van der Waals surface area (Å²) in [6.07, 6.45) is -1.92. The summed E-state index contributed by atoms with van der Waals surface area (Å²) in [5.74, 6) is -4.35. The fourth-order valence-corrected chi connectivity index (χ4v) is 7.46. The quantitative estimate of drug-likeness (QED) is 0.0411. The SMILES string of the molecule is COc1c(Br)cc(/C=C/C(=O)NCCCNCc2cccc(CNCCCNC(=O)/C=C/c3cc(Br)c(OC)c(Br)c3)c2)cc1Br.O=C(O)C(F)(F)F.O=C(O)C(F)(F)F. The first-order valence-corrected chi connectivity index (χ1v) is 20.3. The van der Waals surface area contributed by atoms with Crippen LogP contribution in [0.25, 0.3) is 12.2 Å². The number of methoxy groups -OCH3 is 2. The monoisotopic (exact) mass is 1110 g/mol.